The first-order valence-corrected chi connectivity index (χ1v) is 3.88. The van der Waals surface area contributed by atoms with Gasteiger partial charge in [-0.1, -0.05) is 29.8 Å². The number of halogens is 1. The Morgan fingerprint density at radius 3 is 2.73 bits per heavy atom. The maximum absolute atomic E-state index is 8.52. The van der Waals surface area contributed by atoms with Gasteiger partial charge in [-0.05, 0) is 24.5 Å². The average Bonchev–Trinajstić information content (AvgIpc) is 2.03. The van der Waals surface area contributed by atoms with E-state index >= 15 is 0 Å². The highest BCUT2D eigenvalue weighted by Gasteiger charge is 1.96. The summed E-state index contributed by atoms with van der Waals surface area (Å²) in [6.07, 6.45) is 2.51. The Balaban J connectivity index is 2.62. The van der Waals surface area contributed by atoms with Crippen molar-refractivity contribution in [2.24, 2.45) is 0 Å². The zero-order valence-corrected chi connectivity index (χ0v) is 6.88. The highest BCUT2D eigenvalue weighted by molar-refractivity contribution is 6.31. The van der Waals surface area contributed by atoms with Crippen LogP contribution in [-0.4, -0.2) is 11.7 Å². The van der Waals surface area contributed by atoms with Gasteiger partial charge in [0.25, 0.3) is 0 Å². The molecule has 1 aromatic rings. The number of aliphatic hydroxyl groups excluding tert-OH is 1. The topological polar surface area (TPSA) is 20.2 Å². The van der Waals surface area contributed by atoms with Crippen LogP contribution in [0.5, 0.6) is 0 Å². The summed E-state index contributed by atoms with van der Waals surface area (Å²) in [4.78, 5) is 0. The van der Waals surface area contributed by atoms with Crippen molar-refractivity contribution in [1.29, 1.82) is 0 Å². The van der Waals surface area contributed by atoms with Crippen molar-refractivity contribution in [3.63, 3.8) is 0 Å². The number of benzene rings is 1. The molecule has 11 heavy (non-hydrogen) atoms. The SMILES string of the molecule is OC[CH]Cc1ccccc1Cl. The van der Waals surface area contributed by atoms with Crippen LogP contribution in [-0.2, 0) is 6.42 Å². The van der Waals surface area contributed by atoms with Crippen LogP contribution in [0, 0.1) is 6.42 Å². The van der Waals surface area contributed by atoms with Gasteiger partial charge in [0.1, 0.15) is 0 Å². The van der Waals surface area contributed by atoms with Crippen molar-refractivity contribution in [2.45, 2.75) is 6.42 Å². The van der Waals surface area contributed by atoms with Gasteiger partial charge in [0, 0.05) is 11.6 Å². The molecule has 2 heteroatoms. The summed E-state index contributed by atoms with van der Waals surface area (Å²) in [5.41, 5.74) is 1.06. The van der Waals surface area contributed by atoms with Crippen LogP contribution in [0.15, 0.2) is 24.3 Å². The van der Waals surface area contributed by atoms with Gasteiger partial charge in [0.2, 0.25) is 0 Å². The van der Waals surface area contributed by atoms with Gasteiger partial charge in [-0.2, -0.15) is 0 Å². The molecule has 0 amide bonds. The van der Waals surface area contributed by atoms with Gasteiger partial charge in [0.05, 0.1) is 0 Å². The predicted molar refractivity (Wildman–Crippen MR) is 46.5 cm³/mol. The van der Waals surface area contributed by atoms with Crippen LogP contribution in [0.3, 0.4) is 0 Å². The van der Waals surface area contributed by atoms with Crippen molar-refractivity contribution in [2.75, 3.05) is 6.61 Å². The van der Waals surface area contributed by atoms with Crippen LogP contribution in [0.1, 0.15) is 5.56 Å². The summed E-state index contributed by atoms with van der Waals surface area (Å²) in [5.74, 6) is 0. The van der Waals surface area contributed by atoms with E-state index in [1.807, 2.05) is 24.3 Å². The first-order chi connectivity index (χ1) is 5.34. The number of hydrogen-bond donors (Lipinski definition) is 1. The lowest BCUT2D eigenvalue weighted by Gasteiger charge is -2.00. The highest BCUT2D eigenvalue weighted by Crippen LogP contribution is 2.15. The zero-order chi connectivity index (χ0) is 8.10. The molecule has 0 aliphatic rings. The fraction of sp³-hybridized carbons (Fsp3) is 0.222. The third-order valence-corrected chi connectivity index (χ3v) is 1.82. The van der Waals surface area contributed by atoms with Crippen LogP contribution >= 0.6 is 11.6 Å². The molecule has 0 fully saturated rings. The van der Waals surface area contributed by atoms with E-state index in [0.717, 1.165) is 17.0 Å². The summed E-state index contributed by atoms with van der Waals surface area (Å²) in [5, 5.41) is 9.28. The molecule has 0 bridgehead atoms. The average molecular weight is 170 g/mol. The smallest absolute Gasteiger partial charge is 0.0466 e. The Morgan fingerprint density at radius 2 is 2.09 bits per heavy atom. The molecule has 1 aromatic carbocycles. The summed E-state index contributed by atoms with van der Waals surface area (Å²) in [6.45, 7) is 0.102. The lowest BCUT2D eigenvalue weighted by atomic mass is 10.1. The molecule has 0 aliphatic heterocycles. The Kier molecular flexibility index (Phi) is 3.40. The van der Waals surface area contributed by atoms with Crippen molar-refractivity contribution in [3.8, 4) is 0 Å². The van der Waals surface area contributed by atoms with E-state index in [1.54, 1.807) is 6.42 Å². The Hall–Kier alpha value is -0.530. The first-order valence-electron chi connectivity index (χ1n) is 3.50. The number of hydrogen-bond acceptors (Lipinski definition) is 1. The van der Waals surface area contributed by atoms with Crippen molar-refractivity contribution in [1.82, 2.24) is 0 Å². The van der Waals surface area contributed by atoms with E-state index in [0.29, 0.717) is 0 Å². The van der Waals surface area contributed by atoms with Gasteiger partial charge in [0.15, 0.2) is 0 Å². The molecule has 1 radical (unpaired) electrons. The zero-order valence-electron chi connectivity index (χ0n) is 6.13. The van der Waals surface area contributed by atoms with E-state index in [2.05, 4.69) is 0 Å². The highest BCUT2D eigenvalue weighted by atomic mass is 35.5. The monoisotopic (exact) mass is 169 g/mol. The van der Waals surface area contributed by atoms with E-state index < -0.39 is 0 Å². The summed E-state index contributed by atoms with van der Waals surface area (Å²) in [7, 11) is 0. The second-order valence-electron chi connectivity index (χ2n) is 2.27. The fourth-order valence-electron chi connectivity index (χ4n) is 0.884. The molecule has 0 saturated carbocycles. The van der Waals surface area contributed by atoms with Crippen LogP contribution in [0.2, 0.25) is 5.02 Å². The molecule has 1 rings (SSSR count). The van der Waals surface area contributed by atoms with Crippen molar-refractivity contribution < 1.29 is 5.11 Å². The standard InChI is InChI=1S/C9H10ClO/c10-9-6-2-1-4-8(9)5-3-7-11/h1-4,6,11H,5,7H2. The fourth-order valence-corrected chi connectivity index (χ4v) is 1.10. The predicted octanol–water partition coefficient (Wildman–Crippen LogP) is 2.08. The molecule has 1 N–H and O–H groups in total. The summed E-state index contributed by atoms with van der Waals surface area (Å²) >= 11 is 5.86. The molecule has 0 unspecified atom stereocenters. The maximum Gasteiger partial charge on any atom is 0.0466 e. The van der Waals surface area contributed by atoms with Crippen LogP contribution in [0.25, 0.3) is 0 Å². The van der Waals surface area contributed by atoms with E-state index in [-0.39, 0.29) is 6.61 Å². The van der Waals surface area contributed by atoms with Crippen molar-refractivity contribution in [3.05, 3.63) is 41.3 Å². The molecule has 0 aliphatic carbocycles. The minimum atomic E-state index is 0.102. The Labute approximate surface area is 71.6 Å². The van der Waals surface area contributed by atoms with Gasteiger partial charge in [-0.15, -0.1) is 0 Å². The minimum Gasteiger partial charge on any atom is -0.396 e. The number of rotatable bonds is 3. The molecule has 59 valence electrons. The first kappa shape index (κ1) is 8.57. The van der Waals surface area contributed by atoms with E-state index in [1.165, 1.54) is 0 Å². The molecule has 1 nitrogen and oxygen atoms in total. The second kappa shape index (κ2) is 4.37. The van der Waals surface area contributed by atoms with E-state index in [4.69, 9.17) is 16.7 Å². The molecular weight excluding hydrogens is 160 g/mol. The maximum atomic E-state index is 8.52. The Bertz CT molecular complexity index is 223. The molecule has 0 spiro atoms. The van der Waals surface area contributed by atoms with Gasteiger partial charge in [-0.25, -0.2) is 0 Å². The number of aliphatic hydroxyl groups is 1. The lowest BCUT2D eigenvalue weighted by Crippen LogP contribution is -1.90. The molecule has 0 heterocycles. The van der Waals surface area contributed by atoms with Gasteiger partial charge >= 0.3 is 0 Å². The van der Waals surface area contributed by atoms with Crippen LogP contribution in [0.4, 0.5) is 0 Å². The third-order valence-electron chi connectivity index (χ3n) is 1.45. The Morgan fingerprint density at radius 1 is 1.36 bits per heavy atom. The lowest BCUT2D eigenvalue weighted by molar-refractivity contribution is 0.325. The quantitative estimate of drug-likeness (QED) is 0.735. The summed E-state index contributed by atoms with van der Waals surface area (Å²) < 4.78 is 0. The van der Waals surface area contributed by atoms with E-state index in [9.17, 15) is 0 Å². The van der Waals surface area contributed by atoms with Crippen molar-refractivity contribution >= 4 is 11.6 Å². The van der Waals surface area contributed by atoms with Crippen LogP contribution < -0.4 is 0 Å². The molecule has 0 saturated heterocycles. The van der Waals surface area contributed by atoms with Gasteiger partial charge < -0.3 is 5.11 Å². The van der Waals surface area contributed by atoms with Gasteiger partial charge in [-0.3, -0.25) is 0 Å². The molecule has 0 atom stereocenters. The minimum absolute atomic E-state index is 0.102. The summed E-state index contributed by atoms with van der Waals surface area (Å²) in [6, 6.07) is 7.63. The largest absolute Gasteiger partial charge is 0.396 e. The molecular formula is C9H10ClO. The normalized spacial score (nSPS) is 10.0. The molecule has 0 aromatic heterocycles. The second-order valence-corrected chi connectivity index (χ2v) is 2.67. The third kappa shape index (κ3) is 2.52.